The lowest BCUT2D eigenvalue weighted by Crippen LogP contribution is -2.52. The van der Waals surface area contributed by atoms with Gasteiger partial charge in [0.2, 0.25) is 11.8 Å². The summed E-state index contributed by atoms with van der Waals surface area (Å²) in [7, 11) is -4.29. The molecule has 0 aliphatic carbocycles. The number of nitrogens with one attached hydrogen (secondary N) is 1. The van der Waals surface area contributed by atoms with E-state index in [0.29, 0.717) is 33.6 Å². The number of amides is 2. The van der Waals surface area contributed by atoms with Crippen LogP contribution in [-0.4, -0.2) is 50.9 Å². The molecule has 0 saturated carbocycles. The number of carbonyl (C=O) groups excluding carboxylic acids is 2. The topological polar surface area (TPSA) is 96.0 Å². The van der Waals surface area contributed by atoms with Crippen LogP contribution in [0.4, 0.5) is 5.69 Å². The molecule has 0 heterocycles. The molecule has 0 fully saturated rings. The average molecular weight is 655 g/mol. The Morgan fingerprint density at radius 1 is 0.929 bits per heavy atom. The van der Waals surface area contributed by atoms with E-state index in [9.17, 15) is 18.0 Å². The molecular weight excluding hydrogens is 621 g/mol. The summed E-state index contributed by atoms with van der Waals surface area (Å²) >= 11 is 18.6. The van der Waals surface area contributed by atoms with E-state index in [0.717, 1.165) is 4.31 Å². The van der Waals surface area contributed by atoms with Crippen LogP contribution in [0.1, 0.15) is 39.2 Å². The molecule has 42 heavy (non-hydrogen) atoms. The second-order valence-electron chi connectivity index (χ2n) is 9.34. The Hall–Kier alpha value is -2.98. The third-order valence-corrected chi connectivity index (χ3v) is 9.02. The number of rotatable bonds is 14. The quantitative estimate of drug-likeness (QED) is 0.212. The van der Waals surface area contributed by atoms with Gasteiger partial charge in [0.05, 0.1) is 17.2 Å². The zero-order valence-corrected chi connectivity index (χ0v) is 26.7. The van der Waals surface area contributed by atoms with Crippen molar-refractivity contribution in [1.82, 2.24) is 10.2 Å². The van der Waals surface area contributed by atoms with Crippen molar-refractivity contribution >= 4 is 62.3 Å². The average Bonchev–Trinajstić information content (AvgIpc) is 2.96. The maximum atomic E-state index is 14.2. The summed E-state index contributed by atoms with van der Waals surface area (Å²) in [5.41, 5.74) is 0.730. The normalized spacial score (nSPS) is 12.0. The van der Waals surface area contributed by atoms with Crippen LogP contribution in [0.25, 0.3) is 0 Å². The summed E-state index contributed by atoms with van der Waals surface area (Å²) in [4.78, 5) is 28.7. The number of carbonyl (C=O) groups is 2. The number of hydrogen-bond donors (Lipinski definition) is 1. The molecule has 0 bridgehead atoms. The third-order valence-electron chi connectivity index (χ3n) is 6.41. The van der Waals surface area contributed by atoms with E-state index in [2.05, 4.69) is 5.32 Å². The van der Waals surface area contributed by atoms with Gasteiger partial charge in [-0.25, -0.2) is 8.42 Å². The Labute approximate surface area is 262 Å². The molecule has 3 rings (SSSR count). The Kier molecular flexibility index (Phi) is 12.4. The van der Waals surface area contributed by atoms with Crippen LogP contribution in [0.15, 0.2) is 71.6 Å². The van der Waals surface area contributed by atoms with Crippen molar-refractivity contribution in [2.75, 3.05) is 24.0 Å². The largest absolute Gasteiger partial charge is 0.492 e. The molecule has 1 atom stereocenters. The van der Waals surface area contributed by atoms with Gasteiger partial charge in [-0.15, -0.1) is 0 Å². The first-order valence-electron chi connectivity index (χ1n) is 13.5. The fourth-order valence-electron chi connectivity index (χ4n) is 4.31. The van der Waals surface area contributed by atoms with Crippen LogP contribution in [0.5, 0.6) is 5.75 Å². The van der Waals surface area contributed by atoms with Gasteiger partial charge in [0.25, 0.3) is 10.0 Å². The smallest absolute Gasteiger partial charge is 0.264 e. The minimum atomic E-state index is -4.29. The molecule has 3 aromatic carbocycles. The number of para-hydroxylation sites is 2. The summed E-state index contributed by atoms with van der Waals surface area (Å²) in [6.45, 7) is 5.53. The van der Waals surface area contributed by atoms with Crippen molar-refractivity contribution in [3.05, 3.63) is 87.4 Å². The molecule has 0 radical (unpaired) electrons. The molecule has 3 aromatic rings. The van der Waals surface area contributed by atoms with Gasteiger partial charge < -0.3 is 15.0 Å². The molecular formula is C30H34Cl3N3O5S. The van der Waals surface area contributed by atoms with Gasteiger partial charge in [-0.05, 0) is 73.9 Å². The van der Waals surface area contributed by atoms with Gasteiger partial charge in [-0.3, -0.25) is 13.9 Å². The predicted molar refractivity (Wildman–Crippen MR) is 168 cm³/mol. The number of sulfonamides is 1. The van der Waals surface area contributed by atoms with Crippen molar-refractivity contribution in [2.45, 2.75) is 51.1 Å². The number of nitrogens with zero attached hydrogens (tertiary/aromatic N) is 2. The first-order chi connectivity index (χ1) is 20.0. The fourth-order valence-corrected chi connectivity index (χ4v) is 6.33. The number of anilines is 1. The van der Waals surface area contributed by atoms with E-state index < -0.39 is 28.5 Å². The minimum absolute atomic E-state index is 0.0468. The monoisotopic (exact) mass is 653 g/mol. The number of halogens is 3. The lowest BCUT2D eigenvalue weighted by atomic mass is 10.1. The molecule has 2 amide bonds. The highest BCUT2D eigenvalue weighted by molar-refractivity contribution is 7.92. The van der Waals surface area contributed by atoms with Crippen LogP contribution in [0, 0.1) is 0 Å². The van der Waals surface area contributed by atoms with Crippen LogP contribution in [0.2, 0.25) is 15.1 Å². The lowest BCUT2D eigenvalue weighted by molar-refractivity contribution is -0.140. The van der Waals surface area contributed by atoms with Gasteiger partial charge in [0.15, 0.2) is 0 Å². The van der Waals surface area contributed by atoms with Gasteiger partial charge in [-0.1, -0.05) is 66.8 Å². The standard InChI is InChI=1S/C30H34Cl3N3O5S/c1-4-17-34-30(38)26(5-2)35(19-21-11-12-23(32)18-25(21)33)29(37)20-36(27-9-7-8-10-28(27)41-6-3)42(39,40)24-15-13-22(31)14-16-24/h7-16,18,26H,4-6,17,19-20H2,1-3H3,(H,34,38)/t26-/m1/s1. The first kappa shape index (κ1) is 33.5. The van der Waals surface area contributed by atoms with E-state index in [1.165, 1.54) is 29.2 Å². The van der Waals surface area contributed by atoms with Crippen LogP contribution in [0.3, 0.4) is 0 Å². The molecule has 0 unspecified atom stereocenters. The first-order valence-corrected chi connectivity index (χ1v) is 16.1. The maximum absolute atomic E-state index is 14.2. The van der Waals surface area contributed by atoms with E-state index in [1.807, 2.05) is 6.92 Å². The van der Waals surface area contributed by atoms with Gasteiger partial charge >= 0.3 is 0 Å². The summed E-state index contributed by atoms with van der Waals surface area (Å²) in [6.07, 6.45) is 0.992. The number of benzene rings is 3. The molecule has 0 spiro atoms. The molecule has 12 heteroatoms. The summed E-state index contributed by atoms with van der Waals surface area (Å²) in [6, 6.07) is 16.2. The molecule has 1 N–H and O–H groups in total. The van der Waals surface area contributed by atoms with Crippen molar-refractivity contribution in [3.63, 3.8) is 0 Å². The molecule has 0 saturated heterocycles. The van der Waals surface area contributed by atoms with Crippen molar-refractivity contribution in [1.29, 1.82) is 0 Å². The Morgan fingerprint density at radius 2 is 1.60 bits per heavy atom. The van der Waals surface area contributed by atoms with Crippen LogP contribution >= 0.6 is 34.8 Å². The lowest BCUT2D eigenvalue weighted by Gasteiger charge is -2.33. The maximum Gasteiger partial charge on any atom is 0.264 e. The molecule has 226 valence electrons. The number of ether oxygens (including phenoxy) is 1. The Bertz CT molecular complexity index is 1490. The highest BCUT2D eigenvalue weighted by Gasteiger charge is 2.35. The number of hydrogen-bond acceptors (Lipinski definition) is 5. The van der Waals surface area contributed by atoms with Crippen molar-refractivity contribution in [3.8, 4) is 5.75 Å². The Balaban J connectivity index is 2.12. The Morgan fingerprint density at radius 3 is 2.21 bits per heavy atom. The summed E-state index contributed by atoms with van der Waals surface area (Å²) < 4.78 is 34.9. The summed E-state index contributed by atoms with van der Waals surface area (Å²) in [5, 5.41) is 3.95. The van der Waals surface area contributed by atoms with E-state index in [1.54, 1.807) is 56.3 Å². The van der Waals surface area contributed by atoms with Crippen molar-refractivity contribution in [2.24, 2.45) is 0 Å². The molecule has 0 aliphatic rings. The SMILES string of the molecule is CCCNC(=O)[C@@H](CC)N(Cc1ccc(Cl)cc1Cl)C(=O)CN(c1ccccc1OCC)S(=O)(=O)c1ccc(Cl)cc1. The van der Waals surface area contributed by atoms with E-state index in [-0.39, 0.29) is 41.8 Å². The summed E-state index contributed by atoms with van der Waals surface area (Å²) in [5.74, 6) is -0.673. The van der Waals surface area contributed by atoms with Crippen LogP contribution < -0.4 is 14.4 Å². The minimum Gasteiger partial charge on any atom is -0.492 e. The molecule has 0 aromatic heterocycles. The zero-order valence-electron chi connectivity index (χ0n) is 23.6. The predicted octanol–water partition coefficient (Wildman–Crippen LogP) is 6.57. The van der Waals surface area contributed by atoms with E-state index in [4.69, 9.17) is 39.5 Å². The molecule has 8 nitrogen and oxygen atoms in total. The highest BCUT2D eigenvalue weighted by Crippen LogP contribution is 2.33. The van der Waals surface area contributed by atoms with Gasteiger partial charge in [0, 0.05) is 28.2 Å². The molecule has 0 aliphatic heterocycles. The third kappa shape index (κ3) is 8.31. The zero-order chi connectivity index (χ0) is 30.9. The second kappa shape index (κ2) is 15.5. The van der Waals surface area contributed by atoms with Gasteiger partial charge in [0.1, 0.15) is 18.3 Å². The van der Waals surface area contributed by atoms with E-state index >= 15 is 0 Å². The highest BCUT2D eigenvalue weighted by atomic mass is 35.5. The van der Waals surface area contributed by atoms with Crippen molar-refractivity contribution < 1.29 is 22.7 Å². The second-order valence-corrected chi connectivity index (χ2v) is 12.5. The fraction of sp³-hybridized carbons (Fsp3) is 0.333. The van der Waals surface area contributed by atoms with Gasteiger partial charge in [-0.2, -0.15) is 0 Å². The van der Waals surface area contributed by atoms with Crippen LogP contribution in [-0.2, 0) is 26.2 Å².